The molecule has 2 rings (SSSR count). The van der Waals surface area contributed by atoms with Crippen LogP contribution in [0.1, 0.15) is 0 Å². The smallest absolute Gasteiger partial charge is 0.250 e. The Kier molecular flexibility index (Phi) is 4.66. The molecule has 5 nitrogen and oxygen atoms in total. The zero-order valence-electron chi connectivity index (χ0n) is 9.68. The lowest BCUT2D eigenvalue weighted by Gasteiger charge is -2.18. The highest BCUT2D eigenvalue weighted by Gasteiger charge is 2.30. The molecule has 1 aliphatic rings. The van der Waals surface area contributed by atoms with Crippen molar-refractivity contribution in [3.05, 3.63) is 32.9 Å². The Morgan fingerprint density at radius 2 is 1.89 bits per heavy atom. The van der Waals surface area contributed by atoms with Gasteiger partial charge in [-0.1, -0.05) is 34.8 Å². The fourth-order valence-electron chi connectivity index (χ4n) is 1.56. The molecule has 0 aromatic heterocycles. The molecule has 1 unspecified atom stereocenters. The van der Waals surface area contributed by atoms with E-state index in [0.29, 0.717) is 15.7 Å². The van der Waals surface area contributed by atoms with E-state index in [0.717, 1.165) is 0 Å². The molecule has 0 radical (unpaired) electrons. The van der Waals surface area contributed by atoms with Crippen LogP contribution >= 0.6 is 34.8 Å². The van der Waals surface area contributed by atoms with E-state index >= 15 is 0 Å². The quantitative estimate of drug-likeness (QED) is 0.612. The van der Waals surface area contributed by atoms with Gasteiger partial charge < -0.3 is 14.9 Å². The molecular weight excluding hydrogens is 314 g/mol. The molecule has 19 heavy (non-hydrogen) atoms. The first-order valence-electron chi connectivity index (χ1n) is 5.45. The third-order valence-electron chi connectivity index (χ3n) is 2.53. The monoisotopic (exact) mass is 324 g/mol. The molecule has 104 valence electrons. The molecule has 1 aromatic carbocycles. The van der Waals surface area contributed by atoms with Gasteiger partial charge in [0.25, 0.3) is 5.12 Å². The molecule has 8 heteroatoms. The van der Waals surface area contributed by atoms with Gasteiger partial charge in [0.1, 0.15) is 18.1 Å². The van der Waals surface area contributed by atoms with E-state index in [4.69, 9.17) is 49.8 Å². The van der Waals surface area contributed by atoms with E-state index in [1.54, 1.807) is 12.1 Å². The Morgan fingerprint density at radius 3 is 2.53 bits per heavy atom. The molecular formula is C11H11Cl3N2O3. The average Bonchev–Trinajstić information content (AvgIpc) is 2.74. The summed E-state index contributed by atoms with van der Waals surface area (Å²) in [6.07, 6.45) is -0.719. The summed E-state index contributed by atoms with van der Waals surface area (Å²) < 4.78 is 5.23. The number of aliphatic hydroxyl groups is 2. The predicted molar refractivity (Wildman–Crippen MR) is 71.3 cm³/mol. The minimum atomic E-state index is -1.35. The number of aliphatic hydroxyl groups excluding tert-OH is 2. The molecule has 0 bridgehead atoms. The van der Waals surface area contributed by atoms with E-state index in [9.17, 15) is 0 Å². The zero-order valence-corrected chi connectivity index (χ0v) is 12.0. The number of fused-ring (bicyclic) bond motifs is 1. The van der Waals surface area contributed by atoms with Crippen LogP contribution in [0.2, 0.25) is 10.0 Å². The van der Waals surface area contributed by atoms with Gasteiger partial charge in [0.2, 0.25) is 0 Å². The molecule has 1 aliphatic heterocycles. The second-order valence-corrected chi connectivity index (χ2v) is 5.36. The van der Waals surface area contributed by atoms with Crippen molar-refractivity contribution in [1.29, 1.82) is 0 Å². The number of hydrogen-bond donors (Lipinski definition) is 2. The van der Waals surface area contributed by atoms with Crippen LogP contribution in [-0.2, 0) is 4.74 Å². The first-order valence-corrected chi connectivity index (χ1v) is 6.58. The highest BCUT2D eigenvalue weighted by atomic mass is 35.5. The van der Waals surface area contributed by atoms with Gasteiger partial charge in [0.05, 0.1) is 28.6 Å². The van der Waals surface area contributed by atoms with Crippen molar-refractivity contribution in [1.82, 2.24) is 0 Å². The van der Waals surface area contributed by atoms with Crippen LogP contribution in [-0.4, -0.2) is 41.3 Å². The zero-order chi connectivity index (χ0) is 14.0. The molecule has 1 heterocycles. The number of halogens is 3. The summed E-state index contributed by atoms with van der Waals surface area (Å²) in [4.78, 5) is 8.37. The number of benzene rings is 1. The number of rotatable bonds is 5. The Hall–Kier alpha value is -0.430. The molecule has 0 aliphatic carbocycles. The van der Waals surface area contributed by atoms with Crippen molar-refractivity contribution in [2.75, 3.05) is 19.8 Å². The fraction of sp³-hybridized carbons (Fsp3) is 0.455. The van der Waals surface area contributed by atoms with E-state index in [1.165, 1.54) is 0 Å². The van der Waals surface area contributed by atoms with Gasteiger partial charge in [0.15, 0.2) is 0 Å². The normalized spacial score (nSPS) is 21.2. The van der Waals surface area contributed by atoms with Crippen LogP contribution < -0.4 is 10.7 Å². The SMILES string of the molecule is OCC(CO)OCC1(Cl)N=c2ccc(Cl)c(Cl)c2=N1. The molecule has 1 atom stereocenters. The second-order valence-electron chi connectivity index (χ2n) is 3.97. The van der Waals surface area contributed by atoms with Crippen molar-refractivity contribution >= 4 is 34.8 Å². The van der Waals surface area contributed by atoms with Gasteiger partial charge in [-0.3, -0.25) is 0 Å². The molecule has 1 aromatic rings. The minimum absolute atomic E-state index is 0.0943. The van der Waals surface area contributed by atoms with Crippen LogP contribution in [0.3, 0.4) is 0 Å². The van der Waals surface area contributed by atoms with Crippen LogP contribution in [0.4, 0.5) is 0 Å². The standard InChI is InChI=1S/C11H11Cl3N2O3/c12-7-1-2-8-10(9(7)13)16-11(14,15-8)5-19-6(3-17)4-18/h1-2,6,17-18H,3-5H2. The number of ether oxygens (including phenoxy) is 1. The van der Waals surface area contributed by atoms with Crippen LogP contribution in [0, 0.1) is 0 Å². The molecule has 2 N–H and O–H groups in total. The summed E-state index contributed by atoms with van der Waals surface area (Å²) in [5.41, 5.74) is 0. The maximum Gasteiger partial charge on any atom is 0.250 e. The first-order chi connectivity index (χ1) is 8.99. The summed E-state index contributed by atoms with van der Waals surface area (Å²) in [5.74, 6) is 0. The van der Waals surface area contributed by atoms with E-state index < -0.39 is 11.2 Å². The first kappa shape index (κ1) is 15.0. The van der Waals surface area contributed by atoms with Gasteiger partial charge in [0, 0.05) is 0 Å². The van der Waals surface area contributed by atoms with Crippen LogP contribution in [0.25, 0.3) is 0 Å². The van der Waals surface area contributed by atoms with Gasteiger partial charge >= 0.3 is 0 Å². The summed E-state index contributed by atoms with van der Waals surface area (Å²) in [7, 11) is 0. The lowest BCUT2D eigenvalue weighted by molar-refractivity contribution is -0.0277. The predicted octanol–water partition coefficient (Wildman–Crippen LogP) is 0.509. The van der Waals surface area contributed by atoms with Crippen molar-refractivity contribution in [2.24, 2.45) is 9.98 Å². The Morgan fingerprint density at radius 1 is 1.21 bits per heavy atom. The Bertz CT molecular complexity index is 592. The fourth-order valence-corrected chi connectivity index (χ4v) is 2.15. The average molecular weight is 326 g/mol. The van der Waals surface area contributed by atoms with Crippen molar-refractivity contribution in [3.63, 3.8) is 0 Å². The molecule has 0 saturated heterocycles. The highest BCUT2D eigenvalue weighted by molar-refractivity contribution is 6.41. The largest absolute Gasteiger partial charge is 0.394 e. The number of hydrogen-bond acceptors (Lipinski definition) is 5. The van der Waals surface area contributed by atoms with E-state index in [2.05, 4.69) is 9.98 Å². The Labute approximate surface area is 124 Å². The molecule has 0 amide bonds. The third-order valence-corrected chi connectivity index (χ3v) is 3.61. The van der Waals surface area contributed by atoms with Gasteiger partial charge in [-0.2, -0.15) is 0 Å². The molecule has 0 fully saturated rings. The van der Waals surface area contributed by atoms with Gasteiger partial charge in [-0.05, 0) is 12.1 Å². The highest BCUT2D eigenvalue weighted by Crippen LogP contribution is 2.23. The summed E-state index contributed by atoms with van der Waals surface area (Å²) in [5, 5.41) is 18.1. The lowest BCUT2D eigenvalue weighted by atomic mass is 10.3. The van der Waals surface area contributed by atoms with Crippen molar-refractivity contribution < 1.29 is 14.9 Å². The van der Waals surface area contributed by atoms with Crippen LogP contribution in [0.5, 0.6) is 0 Å². The maximum atomic E-state index is 8.91. The lowest BCUT2D eigenvalue weighted by Crippen LogP contribution is -2.30. The number of alkyl halides is 1. The minimum Gasteiger partial charge on any atom is -0.394 e. The van der Waals surface area contributed by atoms with Crippen LogP contribution in [0.15, 0.2) is 22.1 Å². The van der Waals surface area contributed by atoms with E-state index in [-0.39, 0.29) is 24.8 Å². The summed E-state index contributed by atoms with van der Waals surface area (Å²) >= 11 is 18.1. The second kappa shape index (κ2) is 5.91. The topological polar surface area (TPSA) is 74.4 Å². The van der Waals surface area contributed by atoms with Crippen molar-refractivity contribution in [2.45, 2.75) is 11.2 Å². The summed E-state index contributed by atoms with van der Waals surface area (Å²) in [6, 6.07) is 3.27. The molecule has 0 saturated carbocycles. The van der Waals surface area contributed by atoms with Crippen molar-refractivity contribution in [3.8, 4) is 0 Å². The Balaban J connectivity index is 2.24. The molecule has 0 spiro atoms. The third kappa shape index (κ3) is 3.18. The van der Waals surface area contributed by atoms with Gasteiger partial charge in [-0.15, -0.1) is 0 Å². The number of nitrogens with zero attached hydrogens (tertiary/aromatic N) is 2. The summed E-state index contributed by atoms with van der Waals surface area (Å²) in [6.45, 7) is -0.727. The van der Waals surface area contributed by atoms with E-state index in [1.807, 2.05) is 0 Å². The maximum absolute atomic E-state index is 8.91. The van der Waals surface area contributed by atoms with Gasteiger partial charge in [-0.25, -0.2) is 9.98 Å².